The average Bonchev–Trinajstić information content (AvgIpc) is 2.03. The first-order valence-electron chi connectivity index (χ1n) is 3.60. The van der Waals surface area contributed by atoms with Gasteiger partial charge in [-0.25, -0.2) is 4.98 Å². The van der Waals surface area contributed by atoms with Crippen LogP contribution in [0, 0.1) is 6.92 Å². The van der Waals surface area contributed by atoms with Crippen molar-refractivity contribution in [3.8, 4) is 5.88 Å². The summed E-state index contributed by atoms with van der Waals surface area (Å²) in [4.78, 5) is 4.10. The summed E-state index contributed by atoms with van der Waals surface area (Å²) in [6, 6.07) is 1.96. The fraction of sp³-hybridized carbons (Fsp3) is 0.222. The van der Waals surface area contributed by atoms with Crippen molar-refractivity contribution in [2.24, 2.45) is 0 Å². The van der Waals surface area contributed by atoms with E-state index < -0.39 is 0 Å². The second-order valence-electron chi connectivity index (χ2n) is 2.40. The van der Waals surface area contributed by atoms with Crippen LogP contribution in [0.25, 0.3) is 0 Å². The molecule has 0 amide bonds. The molecule has 0 bridgehead atoms. The van der Waals surface area contributed by atoms with Crippen molar-refractivity contribution in [2.45, 2.75) is 6.92 Å². The number of hydrogen-bond acceptors (Lipinski definition) is 2. The molecule has 0 N–H and O–H groups in total. The smallest absolute Gasteiger partial charge is 0.228 e. The van der Waals surface area contributed by atoms with Crippen molar-refractivity contribution in [1.29, 1.82) is 0 Å². The molecule has 12 heavy (non-hydrogen) atoms. The largest absolute Gasteiger partial charge is 0.473 e. The molecule has 0 fully saturated rings. The van der Waals surface area contributed by atoms with E-state index in [2.05, 4.69) is 27.5 Å². The van der Waals surface area contributed by atoms with Gasteiger partial charge in [0, 0.05) is 6.20 Å². The molecule has 0 spiro atoms. The van der Waals surface area contributed by atoms with E-state index in [1.165, 1.54) is 0 Å². The van der Waals surface area contributed by atoms with E-state index in [0.29, 0.717) is 12.5 Å². The molecule has 3 heteroatoms. The van der Waals surface area contributed by atoms with Gasteiger partial charge in [0.05, 0.1) is 4.47 Å². The third-order valence-electron chi connectivity index (χ3n) is 1.28. The Bertz CT molecular complexity index is 286. The number of halogens is 1. The summed E-state index contributed by atoms with van der Waals surface area (Å²) in [6.07, 6.45) is 3.46. The van der Waals surface area contributed by atoms with E-state index in [-0.39, 0.29) is 0 Å². The predicted octanol–water partition coefficient (Wildman–Crippen LogP) is 2.72. The summed E-state index contributed by atoms with van der Waals surface area (Å²) >= 11 is 3.36. The Kier molecular flexibility index (Phi) is 3.29. The zero-order chi connectivity index (χ0) is 8.97. The third kappa shape index (κ3) is 2.34. The first kappa shape index (κ1) is 9.26. The molecule has 0 atom stereocenters. The van der Waals surface area contributed by atoms with Gasteiger partial charge in [-0.3, -0.25) is 0 Å². The highest BCUT2D eigenvalue weighted by Gasteiger charge is 2.00. The number of ether oxygens (including phenoxy) is 1. The molecule has 1 aromatic heterocycles. The van der Waals surface area contributed by atoms with E-state index in [9.17, 15) is 0 Å². The van der Waals surface area contributed by atoms with Crippen molar-refractivity contribution < 1.29 is 4.74 Å². The first-order chi connectivity index (χ1) is 5.74. The van der Waals surface area contributed by atoms with Gasteiger partial charge >= 0.3 is 0 Å². The molecule has 1 rings (SSSR count). The minimum atomic E-state index is 0.481. The van der Waals surface area contributed by atoms with Crippen LogP contribution in [0.2, 0.25) is 0 Å². The zero-order valence-electron chi connectivity index (χ0n) is 6.88. The maximum absolute atomic E-state index is 5.26. The molecule has 0 aliphatic carbocycles. The molecule has 0 aromatic carbocycles. The van der Waals surface area contributed by atoms with E-state index in [4.69, 9.17) is 4.74 Å². The highest BCUT2D eigenvalue weighted by atomic mass is 79.9. The molecule has 0 aliphatic rings. The van der Waals surface area contributed by atoms with Crippen molar-refractivity contribution in [3.05, 3.63) is 35.0 Å². The van der Waals surface area contributed by atoms with Crippen molar-refractivity contribution >= 4 is 15.9 Å². The number of pyridine rings is 1. The zero-order valence-corrected chi connectivity index (χ0v) is 8.47. The van der Waals surface area contributed by atoms with Gasteiger partial charge in [-0.1, -0.05) is 12.7 Å². The lowest BCUT2D eigenvalue weighted by Gasteiger charge is -2.04. The van der Waals surface area contributed by atoms with Gasteiger partial charge in [0.2, 0.25) is 5.88 Å². The minimum absolute atomic E-state index is 0.481. The van der Waals surface area contributed by atoms with Crippen LogP contribution in [-0.4, -0.2) is 11.6 Å². The SMILES string of the molecule is C=CCOc1ncc(C)cc1Br. The molecular weight excluding hydrogens is 218 g/mol. The van der Waals surface area contributed by atoms with Crippen LogP contribution < -0.4 is 4.74 Å². The van der Waals surface area contributed by atoms with E-state index >= 15 is 0 Å². The van der Waals surface area contributed by atoms with Gasteiger partial charge in [-0.05, 0) is 34.5 Å². The van der Waals surface area contributed by atoms with Gasteiger partial charge in [0.1, 0.15) is 6.61 Å². The Morgan fingerprint density at radius 3 is 3.08 bits per heavy atom. The van der Waals surface area contributed by atoms with E-state index in [0.717, 1.165) is 10.0 Å². The number of nitrogens with zero attached hydrogens (tertiary/aromatic N) is 1. The van der Waals surface area contributed by atoms with Gasteiger partial charge in [-0.2, -0.15) is 0 Å². The normalized spacial score (nSPS) is 9.50. The standard InChI is InChI=1S/C9H10BrNO/c1-3-4-12-9-8(10)5-7(2)6-11-9/h3,5-6H,1,4H2,2H3. The highest BCUT2D eigenvalue weighted by molar-refractivity contribution is 9.10. The Morgan fingerprint density at radius 1 is 1.75 bits per heavy atom. The fourth-order valence-corrected chi connectivity index (χ4v) is 1.34. The summed E-state index contributed by atoms with van der Waals surface area (Å²) in [5.41, 5.74) is 1.10. The van der Waals surface area contributed by atoms with Crippen LogP contribution in [0.4, 0.5) is 0 Å². The van der Waals surface area contributed by atoms with Crippen molar-refractivity contribution in [1.82, 2.24) is 4.98 Å². The molecular formula is C9H10BrNO. The monoisotopic (exact) mass is 227 g/mol. The van der Waals surface area contributed by atoms with Crippen LogP contribution in [0.3, 0.4) is 0 Å². The van der Waals surface area contributed by atoms with E-state index in [1.807, 2.05) is 13.0 Å². The van der Waals surface area contributed by atoms with Gasteiger partial charge in [0.25, 0.3) is 0 Å². The second-order valence-corrected chi connectivity index (χ2v) is 3.25. The molecule has 0 aliphatic heterocycles. The van der Waals surface area contributed by atoms with Gasteiger partial charge in [-0.15, -0.1) is 0 Å². The van der Waals surface area contributed by atoms with Crippen LogP contribution in [-0.2, 0) is 0 Å². The maximum Gasteiger partial charge on any atom is 0.228 e. The van der Waals surface area contributed by atoms with Crippen LogP contribution >= 0.6 is 15.9 Å². The van der Waals surface area contributed by atoms with Crippen LogP contribution in [0.5, 0.6) is 5.88 Å². The second kappa shape index (κ2) is 4.26. The number of hydrogen-bond donors (Lipinski definition) is 0. The summed E-state index contributed by atoms with van der Waals surface area (Å²) in [5, 5.41) is 0. The lowest BCUT2D eigenvalue weighted by atomic mass is 10.3. The summed E-state index contributed by atoms with van der Waals surface area (Å²) in [5.74, 6) is 0.612. The predicted molar refractivity (Wildman–Crippen MR) is 52.4 cm³/mol. The fourth-order valence-electron chi connectivity index (χ4n) is 0.765. The molecule has 0 radical (unpaired) electrons. The minimum Gasteiger partial charge on any atom is -0.473 e. The topological polar surface area (TPSA) is 22.1 Å². The Labute approximate surface area is 80.4 Å². The Hall–Kier alpha value is -0.830. The highest BCUT2D eigenvalue weighted by Crippen LogP contribution is 2.22. The number of aromatic nitrogens is 1. The van der Waals surface area contributed by atoms with Crippen molar-refractivity contribution in [2.75, 3.05) is 6.61 Å². The molecule has 0 saturated carbocycles. The Balaban J connectivity index is 2.78. The van der Waals surface area contributed by atoms with Gasteiger partial charge < -0.3 is 4.74 Å². The molecule has 2 nitrogen and oxygen atoms in total. The molecule has 1 aromatic rings. The summed E-state index contributed by atoms with van der Waals surface area (Å²) in [6.45, 7) is 6.02. The lowest BCUT2D eigenvalue weighted by Crippen LogP contribution is -1.96. The summed E-state index contributed by atoms with van der Waals surface area (Å²) < 4.78 is 6.14. The molecule has 0 saturated heterocycles. The number of rotatable bonds is 3. The maximum atomic E-state index is 5.26. The van der Waals surface area contributed by atoms with Crippen molar-refractivity contribution in [3.63, 3.8) is 0 Å². The van der Waals surface area contributed by atoms with Crippen LogP contribution in [0.15, 0.2) is 29.4 Å². The average molecular weight is 228 g/mol. The molecule has 64 valence electrons. The van der Waals surface area contributed by atoms with Gasteiger partial charge in [0.15, 0.2) is 0 Å². The van der Waals surface area contributed by atoms with Crippen LogP contribution in [0.1, 0.15) is 5.56 Å². The Morgan fingerprint density at radius 2 is 2.50 bits per heavy atom. The number of aryl methyl sites for hydroxylation is 1. The summed E-state index contributed by atoms with van der Waals surface area (Å²) in [7, 11) is 0. The van der Waals surface area contributed by atoms with E-state index in [1.54, 1.807) is 12.3 Å². The first-order valence-corrected chi connectivity index (χ1v) is 4.39. The quantitative estimate of drug-likeness (QED) is 0.742. The molecule has 0 unspecified atom stereocenters. The third-order valence-corrected chi connectivity index (χ3v) is 1.85. The lowest BCUT2D eigenvalue weighted by molar-refractivity contribution is 0.346. The molecule has 1 heterocycles.